The normalized spacial score (nSPS) is 12.1. The van der Waals surface area contributed by atoms with Crippen LogP contribution in [0.3, 0.4) is 0 Å². The van der Waals surface area contributed by atoms with Gasteiger partial charge in [0.05, 0.1) is 17.1 Å². The first kappa shape index (κ1) is 37.8. The van der Waals surface area contributed by atoms with Gasteiger partial charge in [-0.2, -0.15) is 0 Å². The van der Waals surface area contributed by atoms with Crippen LogP contribution in [0.2, 0.25) is 0 Å². The fraction of sp³-hybridized carbons (Fsp3) is 0.240. The van der Waals surface area contributed by atoms with Crippen LogP contribution >= 0.6 is 0 Å². The van der Waals surface area contributed by atoms with Crippen molar-refractivity contribution >= 4 is 23.4 Å². The minimum absolute atomic E-state index is 0.204. The number of fused-ring (bicyclic) bond motifs is 3. The zero-order chi connectivity index (χ0) is 39.8. The lowest BCUT2D eigenvalue weighted by Crippen LogP contribution is -2.51. The zero-order valence-electron chi connectivity index (χ0n) is 34.1. The maximum absolute atomic E-state index is 6.72. The molecule has 7 heteroatoms. The third-order valence-electron chi connectivity index (χ3n) is 11.0. The smallest absolute Gasteiger partial charge is 0.291 e. The van der Waals surface area contributed by atoms with E-state index in [1.165, 1.54) is 22.3 Å². The summed E-state index contributed by atoms with van der Waals surface area (Å²) in [7, 11) is 0. The van der Waals surface area contributed by atoms with Crippen LogP contribution in [-0.4, -0.2) is 26.6 Å². The van der Waals surface area contributed by atoms with Gasteiger partial charge in [-0.15, -0.1) is 0 Å². The van der Waals surface area contributed by atoms with Crippen molar-refractivity contribution in [2.45, 2.75) is 79.1 Å². The van der Waals surface area contributed by atoms with Crippen LogP contribution in [0.25, 0.3) is 33.6 Å². The molecule has 0 unspecified atom stereocenters. The van der Waals surface area contributed by atoms with Crippen LogP contribution < -0.4 is 26.1 Å². The second-order valence-corrected chi connectivity index (χ2v) is 16.4. The van der Waals surface area contributed by atoms with Gasteiger partial charge >= 0.3 is 0 Å². The Morgan fingerprint density at radius 3 is 1.26 bits per heavy atom. The van der Waals surface area contributed by atoms with Crippen molar-refractivity contribution in [3.8, 4) is 56.6 Å². The van der Waals surface area contributed by atoms with E-state index in [1.54, 1.807) is 0 Å². The maximum Gasteiger partial charge on any atom is 0.291 e. The first-order valence-electron chi connectivity index (χ1n) is 20.1. The van der Waals surface area contributed by atoms with Crippen LogP contribution in [0.5, 0.6) is 23.0 Å². The number of pyridine rings is 2. The summed E-state index contributed by atoms with van der Waals surface area (Å²) in [5.74, 6) is 4.52. The molecule has 0 aliphatic carbocycles. The Balaban J connectivity index is 1.14. The molecule has 284 valence electrons. The molecule has 1 aliphatic rings. The highest BCUT2D eigenvalue weighted by Gasteiger charge is 2.36. The van der Waals surface area contributed by atoms with E-state index in [9.17, 15) is 0 Å². The van der Waals surface area contributed by atoms with Gasteiger partial charge < -0.3 is 9.47 Å². The lowest BCUT2D eigenvalue weighted by Gasteiger charge is -2.15. The molecule has 57 heavy (non-hydrogen) atoms. The van der Waals surface area contributed by atoms with Gasteiger partial charge in [-0.25, -0.2) is 0 Å². The van der Waals surface area contributed by atoms with Crippen LogP contribution in [0.1, 0.15) is 101 Å². The number of hydrogen-bond donors (Lipinski definition) is 0. The van der Waals surface area contributed by atoms with E-state index in [0.717, 1.165) is 73.3 Å². The molecule has 0 saturated carbocycles. The molecule has 0 spiro atoms. The van der Waals surface area contributed by atoms with Gasteiger partial charge in [-0.3, -0.25) is 19.9 Å². The van der Waals surface area contributed by atoms with E-state index >= 15 is 0 Å². The summed E-state index contributed by atoms with van der Waals surface area (Å²) >= 11 is 0. The van der Waals surface area contributed by atoms with E-state index in [4.69, 9.17) is 29.4 Å². The van der Waals surface area contributed by atoms with Crippen molar-refractivity contribution in [3.63, 3.8) is 0 Å². The Morgan fingerprint density at radius 1 is 0.404 bits per heavy atom. The van der Waals surface area contributed by atoms with Crippen LogP contribution in [0, 0.1) is 0 Å². The first-order chi connectivity index (χ1) is 27.5. The highest BCUT2D eigenvalue weighted by atomic mass is 16.5. The SMILES string of the molecule is CC(C)c1cc(Oc2ccc3c(c2)B(c2ncccn2)c2cc(Oc4cc(-c5cc(C(C)C)ccn5)cc(C(C)C)c4)ccc2-3)cc(-c2cc(C(C)C)ccn2)c1. The van der Waals surface area contributed by atoms with E-state index < -0.39 is 0 Å². The van der Waals surface area contributed by atoms with Crippen LogP contribution in [0.4, 0.5) is 0 Å². The van der Waals surface area contributed by atoms with Crippen molar-refractivity contribution in [1.82, 2.24) is 19.9 Å². The highest BCUT2D eigenvalue weighted by molar-refractivity contribution is 6.98. The van der Waals surface area contributed by atoms with E-state index in [-0.39, 0.29) is 6.71 Å². The molecule has 8 rings (SSSR count). The largest absolute Gasteiger partial charge is 0.457 e. The topological polar surface area (TPSA) is 70.0 Å². The second kappa shape index (κ2) is 15.8. The van der Waals surface area contributed by atoms with Gasteiger partial charge in [0, 0.05) is 35.9 Å². The second-order valence-electron chi connectivity index (χ2n) is 16.4. The number of aromatic nitrogens is 4. The highest BCUT2D eigenvalue weighted by Crippen LogP contribution is 2.36. The quantitative estimate of drug-likeness (QED) is 0.123. The average Bonchev–Trinajstić information content (AvgIpc) is 3.53. The Hall–Kier alpha value is -6.08. The molecule has 0 N–H and O–H groups in total. The fourth-order valence-electron chi connectivity index (χ4n) is 7.61. The molecule has 0 radical (unpaired) electrons. The molecule has 6 nitrogen and oxygen atoms in total. The van der Waals surface area contributed by atoms with E-state index in [0.29, 0.717) is 23.7 Å². The number of rotatable bonds is 11. The third kappa shape index (κ3) is 7.97. The summed E-state index contributed by atoms with van der Waals surface area (Å²) < 4.78 is 13.4. The van der Waals surface area contributed by atoms with Gasteiger partial charge in [0.1, 0.15) is 23.0 Å². The van der Waals surface area contributed by atoms with Crippen molar-refractivity contribution in [2.75, 3.05) is 0 Å². The van der Waals surface area contributed by atoms with Crippen molar-refractivity contribution in [3.05, 3.63) is 150 Å². The number of benzene rings is 4. The van der Waals surface area contributed by atoms with Gasteiger partial charge in [-0.1, -0.05) is 78.4 Å². The Kier molecular flexibility index (Phi) is 10.5. The lowest BCUT2D eigenvalue weighted by molar-refractivity contribution is 0.482. The Labute approximate surface area is 337 Å². The summed E-state index contributed by atoms with van der Waals surface area (Å²) in [4.78, 5) is 19.0. The molecule has 3 aromatic heterocycles. The lowest BCUT2D eigenvalue weighted by atomic mass is 9.42. The fourth-order valence-corrected chi connectivity index (χ4v) is 7.61. The van der Waals surface area contributed by atoms with Crippen LogP contribution in [-0.2, 0) is 0 Å². The minimum atomic E-state index is -0.204. The number of hydrogen-bond acceptors (Lipinski definition) is 6. The number of nitrogens with zero attached hydrogens (tertiary/aromatic N) is 4. The summed E-state index contributed by atoms with van der Waals surface area (Å²) in [5, 5.41) is 0. The summed E-state index contributed by atoms with van der Waals surface area (Å²) in [6.45, 7) is 17.5. The summed E-state index contributed by atoms with van der Waals surface area (Å²) in [6.07, 6.45) is 7.42. The monoisotopic (exact) mass is 748 g/mol. The summed E-state index contributed by atoms with van der Waals surface area (Å²) in [6, 6.07) is 36.1. The van der Waals surface area contributed by atoms with Gasteiger partial charge in [0.15, 0.2) is 0 Å². The molecule has 0 fully saturated rings. The maximum atomic E-state index is 6.72. The molecule has 0 amide bonds. The summed E-state index contributed by atoms with van der Waals surface area (Å²) in [5.41, 5.74) is 14.1. The third-order valence-corrected chi connectivity index (χ3v) is 11.0. The van der Waals surface area contributed by atoms with Crippen LogP contribution in [0.15, 0.2) is 128 Å². The Morgan fingerprint density at radius 2 is 0.842 bits per heavy atom. The molecule has 0 saturated heterocycles. The molecular formula is C50H49BN4O2. The zero-order valence-corrected chi connectivity index (χ0v) is 34.1. The molecule has 4 aromatic carbocycles. The van der Waals surface area contributed by atoms with Crippen molar-refractivity contribution < 1.29 is 9.47 Å². The molecule has 4 heterocycles. The van der Waals surface area contributed by atoms with Gasteiger partial charge in [0.25, 0.3) is 6.71 Å². The standard InChI is InChI=1S/C50H49BN4O2/c1-30(2)34-14-18-52-48(26-34)38-20-36(32(5)6)22-42(24-38)56-40-10-12-44-45-13-11-41(29-47(45)51(46(44)28-40)50-54-16-9-17-55-50)57-43-23-37(33(7)8)21-39(25-43)49-27-35(31(3)4)15-19-53-49/h9-33H,1-8H3. The van der Waals surface area contributed by atoms with Crippen molar-refractivity contribution in [1.29, 1.82) is 0 Å². The molecule has 0 atom stereocenters. The first-order valence-corrected chi connectivity index (χ1v) is 20.1. The van der Waals surface area contributed by atoms with Gasteiger partial charge in [-0.05, 0) is 148 Å². The molecule has 1 aliphatic heterocycles. The van der Waals surface area contributed by atoms with Crippen molar-refractivity contribution in [2.24, 2.45) is 0 Å². The molecule has 7 aromatic rings. The molecular weight excluding hydrogens is 699 g/mol. The minimum Gasteiger partial charge on any atom is -0.457 e. The number of ether oxygens (including phenoxy) is 2. The van der Waals surface area contributed by atoms with E-state index in [2.05, 4.69) is 152 Å². The molecule has 0 bridgehead atoms. The predicted molar refractivity (Wildman–Crippen MR) is 234 cm³/mol. The Bertz CT molecular complexity index is 2410. The average molecular weight is 749 g/mol. The van der Waals surface area contributed by atoms with Gasteiger partial charge in [0.2, 0.25) is 0 Å². The predicted octanol–water partition coefficient (Wildman–Crippen LogP) is 11.2. The van der Waals surface area contributed by atoms with E-state index in [1.807, 2.05) is 30.9 Å².